The summed E-state index contributed by atoms with van der Waals surface area (Å²) in [6, 6.07) is 7.04. The van der Waals surface area contributed by atoms with E-state index in [0.717, 1.165) is 11.6 Å². The van der Waals surface area contributed by atoms with Crippen molar-refractivity contribution in [2.45, 2.75) is 19.5 Å². The molecule has 0 aliphatic heterocycles. The molecule has 20 heavy (non-hydrogen) atoms. The molecule has 1 atom stereocenters. The number of hydrogen-bond donors (Lipinski definition) is 1. The number of hydrogen-bond acceptors (Lipinski definition) is 1. The Bertz CT molecular complexity index is 596. The quantitative estimate of drug-likeness (QED) is 0.658. The fourth-order valence-electron chi connectivity index (χ4n) is 1.83. The third-order valence-corrected chi connectivity index (χ3v) is 3.06. The summed E-state index contributed by atoms with van der Waals surface area (Å²) in [5.41, 5.74) is 0.854. The van der Waals surface area contributed by atoms with E-state index >= 15 is 0 Å². The molecule has 0 heterocycles. The van der Waals surface area contributed by atoms with Crippen molar-refractivity contribution in [3.63, 3.8) is 0 Å². The van der Waals surface area contributed by atoms with Gasteiger partial charge in [-0.3, -0.25) is 0 Å². The molecule has 5 heteroatoms. The summed E-state index contributed by atoms with van der Waals surface area (Å²) in [4.78, 5) is 0. The largest absolute Gasteiger partial charge is 0.306 e. The Kier molecular flexibility index (Phi) is 4.39. The number of rotatable bonds is 4. The van der Waals surface area contributed by atoms with Gasteiger partial charge in [-0.05, 0) is 30.7 Å². The van der Waals surface area contributed by atoms with Crippen LogP contribution >= 0.6 is 0 Å². The van der Waals surface area contributed by atoms with Crippen molar-refractivity contribution in [2.24, 2.45) is 0 Å². The molecule has 0 spiro atoms. The van der Waals surface area contributed by atoms with Gasteiger partial charge in [-0.15, -0.1) is 0 Å². The maximum atomic E-state index is 13.4. The Labute approximate surface area is 114 Å². The minimum Gasteiger partial charge on any atom is -0.306 e. The minimum atomic E-state index is -1.21. The van der Waals surface area contributed by atoms with Crippen LogP contribution in [-0.4, -0.2) is 0 Å². The molecular formula is C15H13F4N. The van der Waals surface area contributed by atoms with Crippen LogP contribution in [0, 0.1) is 23.3 Å². The summed E-state index contributed by atoms with van der Waals surface area (Å²) in [6.45, 7) is 1.85. The normalized spacial score (nSPS) is 12.4. The van der Waals surface area contributed by atoms with Crippen LogP contribution in [0.3, 0.4) is 0 Å². The molecule has 0 fully saturated rings. The van der Waals surface area contributed by atoms with Crippen molar-refractivity contribution in [3.05, 3.63) is 70.8 Å². The van der Waals surface area contributed by atoms with E-state index in [2.05, 4.69) is 5.32 Å². The lowest BCUT2D eigenvalue weighted by molar-refractivity contribution is 0.482. The van der Waals surface area contributed by atoms with Crippen LogP contribution in [0.15, 0.2) is 36.4 Å². The molecule has 106 valence electrons. The summed E-state index contributed by atoms with van der Waals surface area (Å²) in [5.74, 6) is -3.44. The first-order chi connectivity index (χ1) is 9.47. The highest BCUT2D eigenvalue weighted by atomic mass is 19.2. The molecule has 0 saturated heterocycles. The van der Waals surface area contributed by atoms with E-state index in [4.69, 9.17) is 0 Å². The monoisotopic (exact) mass is 283 g/mol. The van der Waals surface area contributed by atoms with E-state index in [-0.39, 0.29) is 24.0 Å². The van der Waals surface area contributed by atoms with E-state index in [1.807, 2.05) is 6.92 Å². The van der Waals surface area contributed by atoms with Gasteiger partial charge in [0.25, 0.3) is 0 Å². The zero-order valence-corrected chi connectivity index (χ0v) is 10.8. The van der Waals surface area contributed by atoms with Crippen LogP contribution in [-0.2, 0) is 6.54 Å². The summed E-state index contributed by atoms with van der Waals surface area (Å²) < 4.78 is 52.1. The summed E-state index contributed by atoms with van der Waals surface area (Å²) in [7, 11) is 0. The van der Waals surface area contributed by atoms with Gasteiger partial charge >= 0.3 is 0 Å². The Morgan fingerprint density at radius 2 is 1.50 bits per heavy atom. The maximum absolute atomic E-state index is 13.4. The Morgan fingerprint density at radius 1 is 0.900 bits per heavy atom. The molecule has 2 aromatic rings. The Morgan fingerprint density at radius 3 is 2.15 bits per heavy atom. The molecule has 0 unspecified atom stereocenters. The molecule has 1 nitrogen and oxygen atoms in total. The average Bonchev–Trinajstić information content (AvgIpc) is 2.42. The molecule has 0 aliphatic carbocycles. The lowest BCUT2D eigenvalue weighted by Crippen LogP contribution is -2.19. The molecular weight excluding hydrogens is 270 g/mol. The first-order valence-corrected chi connectivity index (χ1v) is 6.09. The summed E-state index contributed by atoms with van der Waals surface area (Å²) in [6.07, 6.45) is 0. The van der Waals surface area contributed by atoms with Gasteiger partial charge in [-0.1, -0.05) is 12.1 Å². The topological polar surface area (TPSA) is 12.0 Å². The summed E-state index contributed by atoms with van der Waals surface area (Å²) in [5, 5.41) is 2.97. The van der Waals surface area contributed by atoms with Gasteiger partial charge in [0, 0.05) is 24.2 Å². The second kappa shape index (κ2) is 6.05. The third-order valence-electron chi connectivity index (χ3n) is 3.06. The van der Waals surface area contributed by atoms with Crippen molar-refractivity contribution in [3.8, 4) is 0 Å². The van der Waals surface area contributed by atoms with Gasteiger partial charge < -0.3 is 5.32 Å². The first-order valence-electron chi connectivity index (χ1n) is 6.09. The second-order valence-electron chi connectivity index (χ2n) is 4.51. The Hall–Kier alpha value is -1.88. The summed E-state index contributed by atoms with van der Waals surface area (Å²) >= 11 is 0. The Balaban J connectivity index is 2.05. The van der Waals surface area contributed by atoms with E-state index in [9.17, 15) is 17.6 Å². The SMILES string of the molecule is C[C@H](NCc1cc(F)c(F)cc1F)c1ccc(F)cc1. The molecule has 2 rings (SSSR count). The van der Waals surface area contributed by atoms with Crippen LogP contribution in [0.1, 0.15) is 24.1 Å². The van der Waals surface area contributed by atoms with Crippen LogP contribution < -0.4 is 5.32 Å². The van der Waals surface area contributed by atoms with Gasteiger partial charge in [0.15, 0.2) is 11.6 Å². The van der Waals surface area contributed by atoms with Crippen molar-refractivity contribution < 1.29 is 17.6 Å². The lowest BCUT2D eigenvalue weighted by atomic mass is 10.1. The molecule has 0 amide bonds. The third kappa shape index (κ3) is 3.36. The van der Waals surface area contributed by atoms with E-state index in [1.165, 1.54) is 12.1 Å². The predicted octanol–water partition coefficient (Wildman–Crippen LogP) is 4.09. The van der Waals surface area contributed by atoms with Gasteiger partial charge in [0.05, 0.1) is 0 Å². The average molecular weight is 283 g/mol. The zero-order valence-electron chi connectivity index (χ0n) is 10.8. The molecule has 0 aliphatic rings. The molecule has 0 radical (unpaired) electrons. The number of halogens is 4. The highest BCUT2D eigenvalue weighted by Crippen LogP contribution is 2.17. The van der Waals surface area contributed by atoms with Gasteiger partial charge in [0.1, 0.15) is 11.6 Å². The lowest BCUT2D eigenvalue weighted by Gasteiger charge is -2.14. The van der Waals surface area contributed by atoms with Gasteiger partial charge in [-0.2, -0.15) is 0 Å². The van der Waals surface area contributed by atoms with Crippen molar-refractivity contribution in [1.82, 2.24) is 5.32 Å². The fourth-order valence-corrected chi connectivity index (χ4v) is 1.83. The highest BCUT2D eigenvalue weighted by Gasteiger charge is 2.11. The van der Waals surface area contributed by atoms with Crippen molar-refractivity contribution in [2.75, 3.05) is 0 Å². The standard InChI is InChI=1S/C15H13F4N/c1-9(10-2-4-12(16)5-3-10)20-8-11-6-14(18)15(19)7-13(11)17/h2-7,9,20H,8H2,1H3/t9-/m0/s1. The highest BCUT2D eigenvalue weighted by molar-refractivity contribution is 5.22. The minimum absolute atomic E-state index is 0.0397. The van der Waals surface area contributed by atoms with Gasteiger partial charge in [0.2, 0.25) is 0 Å². The molecule has 0 aromatic heterocycles. The molecule has 0 bridgehead atoms. The van der Waals surface area contributed by atoms with Gasteiger partial charge in [-0.25, -0.2) is 17.6 Å². The fraction of sp³-hybridized carbons (Fsp3) is 0.200. The molecule has 0 saturated carbocycles. The van der Waals surface area contributed by atoms with Crippen LogP contribution in [0.4, 0.5) is 17.6 Å². The van der Waals surface area contributed by atoms with E-state index in [1.54, 1.807) is 12.1 Å². The molecule has 2 aromatic carbocycles. The number of benzene rings is 2. The van der Waals surface area contributed by atoms with Crippen LogP contribution in [0.5, 0.6) is 0 Å². The predicted molar refractivity (Wildman–Crippen MR) is 68.0 cm³/mol. The van der Waals surface area contributed by atoms with E-state index in [0.29, 0.717) is 6.07 Å². The van der Waals surface area contributed by atoms with Crippen molar-refractivity contribution in [1.29, 1.82) is 0 Å². The number of nitrogens with one attached hydrogen (secondary N) is 1. The first kappa shape index (κ1) is 14.5. The van der Waals surface area contributed by atoms with Crippen LogP contribution in [0.25, 0.3) is 0 Å². The smallest absolute Gasteiger partial charge is 0.161 e. The van der Waals surface area contributed by atoms with Crippen LogP contribution in [0.2, 0.25) is 0 Å². The molecule has 1 N–H and O–H groups in total. The van der Waals surface area contributed by atoms with E-state index < -0.39 is 17.5 Å². The maximum Gasteiger partial charge on any atom is 0.161 e. The zero-order chi connectivity index (χ0) is 14.7. The van der Waals surface area contributed by atoms with Crippen molar-refractivity contribution >= 4 is 0 Å². The second-order valence-corrected chi connectivity index (χ2v) is 4.51.